The lowest BCUT2D eigenvalue weighted by atomic mass is 10.1. The van der Waals surface area contributed by atoms with Gasteiger partial charge in [-0.15, -0.1) is 0 Å². The average molecular weight is 336 g/mol. The van der Waals surface area contributed by atoms with Gasteiger partial charge in [-0.3, -0.25) is 9.59 Å². The van der Waals surface area contributed by atoms with Crippen molar-refractivity contribution < 1.29 is 18.7 Å². The Balaban J connectivity index is 1.92. The number of carbonyl (C=O) groups is 2. The van der Waals surface area contributed by atoms with E-state index in [1.807, 2.05) is 0 Å². The van der Waals surface area contributed by atoms with Crippen LogP contribution in [0.25, 0.3) is 0 Å². The van der Waals surface area contributed by atoms with E-state index in [9.17, 15) is 14.0 Å². The van der Waals surface area contributed by atoms with Crippen molar-refractivity contribution in [3.63, 3.8) is 0 Å². The van der Waals surface area contributed by atoms with Crippen LogP contribution in [0.4, 0.5) is 10.1 Å². The van der Waals surface area contributed by atoms with Gasteiger partial charge in [0.15, 0.2) is 6.10 Å². The normalized spacial score (nSPS) is 11.6. The first-order chi connectivity index (χ1) is 11.0. The minimum Gasteiger partial charge on any atom is -0.452 e. The van der Waals surface area contributed by atoms with E-state index in [0.717, 1.165) is 0 Å². The largest absolute Gasteiger partial charge is 0.452 e. The van der Waals surface area contributed by atoms with Gasteiger partial charge in [0.2, 0.25) is 0 Å². The Bertz CT molecular complexity index is 720. The molecule has 2 aromatic rings. The lowest BCUT2D eigenvalue weighted by Gasteiger charge is -2.14. The van der Waals surface area contributed by atoms with Crippen LogP contribution in [0, 0.1) is 5.82 Å². The first-order valence-electron chi connectivity index (χ1n) is 6.95. The van der Waals surface area contributed by atoms with Crippen molar-refractivity contribution in [1.82, 2.24) is 0 Å². The number of halogens is 2. The van der Waals surface area contributed by atoms with Gasteiger partial charge >= 0.3 is 5.97 Å². The third-order valence-electron chi connectivity index (χ3n) is 3.10. The van der Waals surface area contributed by atoms with Crippen LogP contribution in [0.2, 0.25) is 5.02 Å². The van der Waals surface area contributed by atoms with Gasteiger partial charge in [0, 0.05) is 5.02 Å². The number of rotatable bonds is 5. The van der Waals surface area contributed by atoms with Crippen LogP contribution < -0.4 is 5.32 Å². The number of para-hydroxylation sites is 1. The third-order valence-corrected chi connectivity index (χ3v) is 3.47. The van der Waals surface area contributed by atoms with Gasteiger partial charge in [-0.25, -0.2) is 4.39 Å². The number of hydrogen-bond donors (Lipinski definition) is 1. The summed E-state index contributed by atoms with van der Waals surface area (Å²) in [5.41, 5.74) is 0.646. The number of benzene rings is 2. The first kappa shape index (κ1) is 17.0. The van der Waals surface area contributed by atoms with E-state index in [4.69, 9.17) is 16.3 Å². The molecule has 1 atom stereocenters. The predicted octanol–water partition coefficient (Wildman–Crippen LogP) is 3.59. The van der Waals surface area contributed by atoms with Gasteiger partial charge in [-0.05, 0) is 30.7 Å². The highest BCUT2D eigenvalue weighted by Crippen LogP contribution is 2.16. The van der Waals surface area contributed by atoms with Crippen molar-refractivity contribution in [3.8, 4) is 0 Å². The Labute approximate surface area is 138 Å². The molecule has 0 aromatic heterocycles. The predicted molar refractivity (Wildman–Crippen MR) is 85.7 cm³/mol. The monoisotopic (exact) mass is 335 g/mol. The Morgan fingerprint density at radius 3 is 2.52 bits per heavy atom. The van der Waals surface area contributed by atoms with Crippen LogP contribution in [-0.4, -0.2) is 18.0 Å². The second kappa shape index (κ2) is 7.74. The molecule has 0 bridgehead atoms. The van der Waals surface area contributed by atoms with Gasteiger partial charge in [-0.1, -0.05) is 41.9 Å². The zero-order chi connectivity index (χ0) is 16.8. The number of hydrogen-bond acceptors (Lipinski definition) is 3. The molecule has 4 nitrogen and oxygen atoms in total. The van der Waals surface area contributed by atoms with E-state index in [-0.39, 0.29) is 12.1 Å². The molecule has 0 heterocycles. The molecule has 2 rings (SSSR count). The number of ether oxygens (including phenoxy) is 1. The highest BCUT2D eigenvalue weighted by atomic mass is 35.5. The van der Waals surface area contributed by atoms with Gasteiger partial charge in [0.25, 0.3) is 5.91 Å². The summed E-state index contributed by atoms with van der Waals surface area (Å²) in [5, 5.41) is 2.83. The van der Waals surface area contributed by atoms with Gasteiger partial charge in [0.05, 0.1) is 12.1 Å². The highest BCUT2D eigenvalue weighted by molar-refractivity contribution is 6.31. The molecule has 2 aromatic carbocycles. The SMILES string of the molecule is CC(OC(=O)Cc1ccccc1Cl)C(=O)Nc1ccccc1F. The Morgan fingerprint density at radius 1 is 1.17 bits per heavy atom. The molecule has 6 heteroatoms. The van der Waals surface area contributed by atoms with E-state index >= 15 is 0 Å². The molecule has 1 N–H and O–H groups in total. The zero-order valence-electron chi connectivity index (χ0n) is 12.4. The molecular formula is C17H15ClFNO3. The van der Waals surface area contributed by atoms with Crippen LogP contribution in [0.1, 0.15) is 12.5 Å². The van der Waals surface area contributed by atoms with Crippen LogP contribution in [0.15, 0.2) is 48.5 Å². The molecule has 23 heavy (non-hydrogen) atoms. The fourth-order valence-corrected chi connectivity index (χ4v) is 2.09. The molecule has 0 fully saturated rings. The van der Waals surface area contributed by atoms with Gasteiger partial charge in [-0.2, -0.15) is 0 Å². The second-order valence-corrected chi connectivity index (χ2v) is 5.28. The Kier molecular flexibility index (Phi) is 5.71. The highest BCUT2D eigenvalue weighted by Gasteiger charge is 2.19. The molecule has 0 aliphatic rings. The van der Waals surface area contributed by atoms with Crippen LogP contribution in [0.5, 0.6) is 0 Å². The number of amides is 1. The smallest absolute Gasteiger partial charge is 0.311 e. The summed E-state index contributed by atoms with van der Waals surface area (Å²) in [4.78, 5) is 23.8. The number of esters is 1. The summed E-state index contributed by atoms with van der Waals surface area (Å²) >= 11 is 5.96. The van der Waals surface area contributed by atoms with E-state index in [2.05, 4.69) is 5.32 Å². The maximum Gasteiger partial charge on any atom is 0.311 e. The fourth-order valence-electron chi connectivity index (χ4n) is 1.89. The quantitative estimate of drug-likeness (QED) is 0.849. The van der Waals surface area contributed by atoms with Crippen molar-refractivity contribution >= 4 is 29.2 Å². The standard InChI is InChI=1S/C17H15ClFNO3/c1-11(17(22)20-15-9-5-4-8-14(15)19)23-16(21)10-12-6-2-3-7-13(12)18/h2-9,11H,10H2,1H3,(H,20,22). The maximum absolute atomic E-state index is 13.5. The molecule has 0 aliphatic carbocycles. The average Bonchev–Trinajstić information content (AvgIpc) is 2.51. The third kappa shape index (κ3) is 4.79. The molecule has 120 valence electrons. The molecule has 0 saturated heterocycles. The maximum atomic E-state index is 13.5. The Hall–Kier alpha value is -2.40. The lowest BCUT2D eigenvalue weighted by Crippen LogP contribution is -2.30. The van der Waals surface area contributed by atoms with Gasteiger partial charge < -0.3 is 10.1 Å². The minimum absolute atomic E-state index is 0.0338. The van der Waals surface area contributed by atoms with Crippen LogP contribution in [-0.2, 0) is 20.7 Å². The Morgan fingerprint density at radius 2 is 1.83 bits per heavy atom. The van der Waals surface area contributed by atoms with E-state index < -0.39 is 23.8 Å². The molecule has 0 saturated carbocycles. The summed E-state index contributed by atoms with van der Waals surface area (Å²) in [5.74, 6) is -1.76. The zero-order valence-corrected chi connectivity index (χ0v) is 13.1. The molecule has 0 spiro atoms. The van der Waals surface area contributed by atoms with E-state index in [1.165, 1.54) is 25.1 Å². The number of nitrogens with one attached hydrogen (secondary N) is 1. The van der Waals surface area contributed by atoms with Crippen molar-refractivity contribution in [1.29, 1.82) is 0 Å². The first-order valence-corrected chi connectivity index (χ1v) is 7.33. The van der Waals surface area contributed by atoms with Crippen molar-refractivity contribution in [2.24, 2.45) is 0 Å². The summed E-state index contributed by atoms with van der Waals surface area (Å²) < 4.78 is 18.5. The van der Waals surface area contributed by atoms with Crippen LogP contribution >= 0.6 is 11.6 Å². The molecular weight excluding hydrogens is 321 g/mol. The van der Waals surface area contributed by atoms with E-state index in [1.54, 1.807) is 30.3 Å². The lowest BCUT2D eigenvalue weighted by molar-refractivity contribution is -0.152. The molecule has 0 radical (unpaired) electrons. The van der Waals surface area contributed by atoms with Crippen molar-refractivity contribution in [2.75, 3.05) is 5.32 Å². The molecule has 1 amide bonds. The topological polar surface area (TPSA) is 55.4 Å². The summed E-state index contributed by atoms with van der Waals surface area (Å²) in [6.07, 6.45) is -1.10. The summed E-state index contributed by atoms with van der Waals surface area (Å²) in [6, 6.07) is 12.6. The van der Waals surface area contributed by atoms with Crippen molar-refractivity contribution in [2.45, 2.75) is 19.4 Å². The van der Waals surface area contributed by atoms with Gasteiger partial charge in [0.1, 0.15) is 5.82 Å². The van der Waals surface area contributed by atoms with E-state index in [0.29, 0.717) is 10.6 Å². The van der Waals surface area contributed by atoms with Crippen molar-refractivity contribution in [3.05, 3.63) is 64.9 Å². The summed E-state index contributed by atoms with van der Waals surface area (Å²) in [6.45, 7) is 1.42. The molecule has 1 unspecified atom stereocenters. The number of carbonyl (C=O) groups excluding carboxylic acids is 2. The number of anilines is 1. The summed E-state index contributed by atoms with van der Waals surface area (Å²) in [7, 11) is 0. The molecule has 0 aliphatic heterocycles. The second-order valence-electron chi connectivity index (χ2n) is 4.87. The minimum atomic E-state index is -1.05. The van der Waals surface area contributed by atoms with Crippen LogP contribution in [0.3, 0.4) is 0 Å². The fraction of sp³-hybridized carbons (Fsp3) is 0.176.